The Labute approximate surface area is 174 Å². The molecule has 0 saturated carbocycles. The normalized spacial score (nSPS) is 11.4. The van der Waals surface area contributed by atoms with Gasteiger partial charge in [-0.2, -0.15) is 0 Å². The van der Waals surface area contributed by atoms with Gasteiger partial charge in [-0.1, -0.05) is 19.9 Å². The number of carbonyl (C=O) groups excluding carboxylic acids is 1. The summed E-state index contributed by atoms with van der Waals surface area (Å²) in [6.07, 6.45) is 9.11. The Balaban J connectivity index is 1.50. The predicted molar refractivity (Wildman–Crippen MR) is 117 cm³/mol. The van der Waals surface area contributed by atoms with Crippen LogP contribution in [-0.4, -0.2) is 31.4 Å². The van der Waals surface area contributed by atoms with Crippen molar-refractivity contribution in [2.24, 2.45) is 0 Å². The van der Waals surface area contributed by atoms with Crippen molar-refractivity contribution in [2.45, 2.75) is 39.2 Å². The van der Waals surface area contributed by atoms with E-state index in [4.69, 9.17) is 0 Å². The topological polar surface area (TPSA) is 81.3 Å². The Kier molecular flexibility index (Phi) is 5.61. The lowest BCUT2D eigenvalue weighted by Gasteiger charge is -2.10. The summed E-state index contributed by atoms with van der Waals surface area (Å²) in [5.74, 6) is 0.128. The molecule has 154 valence electrons. The molecule has 0 unspecified atom stereocenters. The van der Waals surface area contributed by atoms with Gasteiger partial charge >= 0.3 is 0 Å². The lowest BCUT2D eigenvalue weighted by molar-refractivity contribution is 0.0953. The highest BCUT2D eigenvalue weighted by molar-refractivity contribution is 5.98. The minimum absolute atomic E-state index is 0.160. The number of pyridine rings is 1. The zero-order valence-electron chi connectivity index (χ0n) is 17.2. The van der Waals surface area contributed by atoms with Crippen LogP contribution < -0.4 is 10.9 Å². The van der Waals surface area contributed by atoms with Crippen molar-refractivity contribution in [2.75, 3.05) is 6.54 Å². The third kappa shape index (κ3) is 4.10. The predicted octanol–water partition coefficient (Wildman–Crippen LogP) is 3.38. The average Bonchev–Trinajstić information content (AvgIpc) is 3.26. The van der Waals surface area contributed by atoms with Gasteiger partial charge in [0.15, 0.2) is 0 Å². The SMILES string of the molecule is CC(C)c1ccc2nc3ccc(C(=O)NCCCCn4ccnc4)cc3c(=O)n2c1. The Morgan fingerprint density at radius 2 is 2.03 bits per heavy atom. The summed E-state index contributed by atoms with van der Waals surface area (Å²) in [5, 5.41) is 3.38. The molecule has 0 atom stereocenters. The summed E-state index contributed by atoms with van der Waals surface area (Å²) in [5.41, 5.74) is 2.57. The molecule has 3 aromatic heterocycles. The highest BCUT2D eigenvalue weighted by Gasteiger charge is 2.11. The van der Waals surface area contributed by atoms with E-state index in [-0.39, 0.29) is 11.5 Å². The van der Waals surface area contributed by atoms with Crippen LogP contribution >= 0.6 is 0 Å². The molecule has 30 heavy (non-hydrogen) atoms. The lowest BCUT2D eigenvalue weighted by atomic mass is 10.1. The fourth-order valence-corrected chi connectivity index (χ4v) is 3.45. The largest absolute Gasteiger partial charge is 0.352 e. The summed E-state index contributed by atoms with van der Waals surface area (Å²) >= 11 is 0. The van der Waals surface area contributed by atoms with Gasteiger partial charge in [0.05, 0.1) is 17.2 Å². The Morgan fingerprint density at radius 3 is 2.80 bits per heavy atom. The summed E-state index contributed by atoms with van der Waals surface area (Å²) in [4.78, 5) is 34.2. The van der Waals surface area contributed by atoms with Gasteiger partial charge in [0.1, 0.15) is 5.65 Å². The molecule has 1 amide bonds. The first-order valence-corrected chi connectivity index (χ1v) is 10.2. The molecule has 7 heteroatoms. The smallest absolute Gasteiger partial charge is 0.265 e. The average molecular weight is 403 g/mol. The number of rotatable bonds is 7. The van der Waals surface area contributed by atoms with Crippen molar-refractivity contribution in [1.29, 1.82) is 0 Å². The van der Waals surface area contributed by atoms with Gasteiger partial charge in [0.2, 0.25) is 0 Å². The third-order valence-corrected chi connectivity index (χ3v) is 5.25. The zero-order valence-corrected chi connectivity index (χ0v) is 17.2. The standard InChI is InChI=1S/C23H25N5O2/c1-16(2)18-6-8-21-26-20-7-5-17(13-19(20)23(30)28(21)14-18)22(29)25-9-3-4-11-27-12-10-24-15-27/h5-8,10,12-16H,3-4,9,11H2,1-2H3,(H,25,29). The molecule has 0 saturated heterocycles. The zero-order chi connectivity index (χ0) is 21.1. The number of nitrogens with zero attached hydrogens (tertiary/aromatic N) is 4. The van der Waals surface area contributed by atoms with Crippen molar-refractivity contribution in [3.63, 3.8) is 0 Å². The van der Waals surface area contributed by atoms with Gasteiger partial charge in [-0.15, -0.1) is 0 Å². The molecule has 0 bridgehead atoms. The second-order valence-corrected chi connectivity index (χ2v) is 7.76. The number of aromatic nitrogens is 4. The highest BCUT2D eigenvalue weighted by atomic mass is 16.1. The number of carbonyl (C=O) groups is 1. The van der Waals surface area contributed by atoms with E-state index in [2.05, 4.69) is 29.1 Å². The van der Waals surface area contributed by atoms with Crippen LogP contribution in [0.25, 0.3) is 16.6 Å². The molecule has 0 aliphatic heterocycles. The van der Waals surface area contributed by atoms with Gasteiger partial charge < -0.3 is 9.88 Å². The molecular weight excluding hydrogens is 378 g/mol. The van der Waals surface area contributed by atoms with Crippen LogP contribution in [0.4, 0.5) is 0 Å². The summed E-state index contributed by atoms with van der Waals surface area (Å²) in [6, 6.07) is 8.95. The molecule has 4 aromatic rings. The first-order valence-electron chi connectivity index (χ1n) is 10.2. The van der Waals surface area contributed by atoms with Gasteiger partial charge in [-0.3, -0.25) is 14.0 Å². The van der Waals surface area contributed by atoms with Crippen molar-refractivity contribution in [3.8, 4) is 0 Å². The fourth-order valence-electron chi connectivity index (χ4n) is 3.45. The van der Waals surface area contributed by atoms with Crippen molar-refractivity contribution in [1.82, 2.24) is 24.3 Å². The number of fused-ring (bicyclic) bond motifs is 2. The molecule has 1 N–H and O–H groups in total. The lowest BCUT2D eigenvalue weighted by Crippen LogP contribution is -2.25. The van der Waals surface area contributed by atoms with Crippen LogP contribution in [0, 0.1) is 0 Å². The maximum atomic E-state index is 13.0. The molecular formula is C23H25N5O2. The Bertz CT molecular complexity index is 1240. The minimum Gasteiger partial charge on any atom is -0.352 e. The number of hydrogen-bond acceptors (Lipinski definition) is 4. The number of aryl methyl sites for hydroxylation is 1. The van der Waals surface area contributed by atoms with E-state index < -0.39 is 0 Å². The second kappa shape index (κ2) is 8.49. The molecule has 1 aromatic carbocycles. The van der Waals surface area contributed by atoms with Gasteiger partial charge in [0.25, 0.3) is 11.5 Å². The van der Waals surface area contributed by atoms with Crippen LogP contribution in [0.15, 0.2) is 60.0 Å². The van der Waals surface area contributed by atoms with Gasteiger partial charge in [-0.05, 0) is 48.6 Å². The van der Waals surface area contributed by atoms with E-state index in [1.807, 2.05) is 29.1 Å². The third-order valence-electron chi connectivity index (χ3n) is 5.25. The first-order chi connectivity index (χ1) is 14.5. The summed E-state index contributed by atoms with van der Waals surface area (Å²) in [7, 11) is 0. The molecule has 0 radical (unpaired) electrons. The molecule has 0 aliphatic rings. The van der Waals surface area contributed by atoms with Gasteiger partial charge in [0, 0.05) is 37.2 Å². The quantitative estimate of drug-likeness (QED) is 0.379. The second-order valence-electron chi connectivity index (χ2n) is 7.76. The van der Waals surface area contributed by atoms with E-state index in [9.17, 15) is 9.59 Å². The fraction of sp³-hybridized carbons (Fsp3) is 0.304. The molecule has 0 aliphatic carbocycles. The van der Waals surface area contributed by atoms with Crippen molar-refractivity contribution >= 4 is 22.5 Å². The van der Waals surface area contributed by atoms with E-state index in [1.165, 1.54) is 0 Å². The van der Waals surface area contributed by atoms with E-state index in [0.29, 0.717) is 34.6 Å². The van der Waals surface area contributed by atoms with Crippen molar-refractivity contribution < 1.29 is 4.79 Å². The molecule has 4 rings (SSSR count). The van der Waals surface area contributed by atoms with E-state index >= 15 is 0 Å². The number of amides is 1. The van der Waals surface area contributed by atoms with E-state index in [1.54, 1.807) is 35.1 Å². The summed E-state index contributed by atoms with van der Waals surface area (Å²) < 4.78 is 3.58. The first kappa shape index (κ1) is 19.8. The monoisotopic (exact) mass is 403 g/mol. The number of benzene rings is 1. The van der Waals surface area contributed by atoms with Gasteiger partial charge in [-0.25, -0.2) is 9.97 Å². The number of unbranched alkanes of at least 4 members (excludes halogenated alkanes) is 1. The number of imidazole rings is 1. The Hall–Kier alpha value is -3.48. The van der Waals surface area contributed by atoms with Crippen LogP contribution in [-0.2, 0) is 6.54 Å². The highest BCUT2D eigenvalue weighted by Crippen LogP contribution is 2.16. The van der Waals surface area contributed by atoms with Crippen LogP contribution in [0.5, 0.6) is 0 Å². The summed E-state index contributed by atoms with van der Waals surface area (Å²) in [6.45, 7) is 5.62. The van der Waals surface area contributed by atoms with Crippen LogP contribution in [0.2, 0.25) is 0 Å². The van der Waals surface area contributed by atoms with E-state index in [0.717, 1.165) is 24.9 Å². The van der Waals surface area contributed by atoms with Crippen molar-refractivity contribution in [3.05, 3.63) is 76.7 Å². The van der Waals surface area contributed by atoms with Crippen LogP contribution in [0.1, 0.15) is 48.5 Å². The minimum atomic E-state index is -0.181. The molecule has 0 spiro atoms. The maximum absolute atomic E-state index is 13.0. The number of hydrogen-bond donors (Lipinski definition) is 1. The number of nitrogens with one attached hydrogen (secondary N) is 1. The molecule has 3 heterocycles. The Morgan fingerprint density at radius 1 is 1.17 bits per heavy atom. The van der Waals surface area contributed by atoms with Crippen LogP contribution in [0.3, 0.4) is 0 Å². The molecule has 7 nitrogen and oxygen atoms in total. The maximum Gasteiger partial charge on any atom is 0.265 e. The molecule has 0 fully saturated rings.